The van der Waals surface area contributed by atoms with Gasteiger partial charge in [-0.1, -0.05) is 29.4 Å². The summed E-state index contributed by atoms with van der Waals surface area (Å²) in [5, 5.41) is 4.05. The molecule has 0 unspecified atom stereocenters. The number of benzene rings is 2. The van der Waals surface area contributed by atoms with Crippen molar-refractivity contribution in [3.05, 3.63) is 65.4 Å². The first-order valence-electron chi connectivity index (χ1n) is 9.68. The zero-order valence-corrected chi connectivity index (χ0v) is 16.8. The van der Waals surface area contributed by atoms with Crippen molar-refractivity contribution in [3.63, 3.8) is 0 Å². The molecule has 0 saturated carbocycles. The van der Waals surface area contributed by atoms with Gasteiger partial charge in [-0.2, -0.15) is 0 Å². The second-order valence-corrected chi connectivity index (χ2v) is 7.16. The number of amides is 1. The van der Waals surface area contributed by atoms with Crippen LogP contribution in [0.15, 0.2) is 53.1 Å². The Bertz CT molecular complexity index is 1030. The molecule has 0 N–H and O–H groups in total. The van der Waals surface area contributed by atoms with E-state index >= 15 is 0 Å². The van der Waals surface area contributed by atoms with Crippen molar-refractivity contribution in [2.45, 2.75) is 25.8 Å². The Balaban J connectivity index is 1.59. The van der Waals surface area contributed by atoms with E-state index in [1.54, 1.807) is 32.4 Å². The average Bonchev–Trinajstić information content (AvgIpc) is 3.43. The Hall–Kier alpha value is -3.28. The van der Waals surface area contributed by atoms with Crippen LogP contribution >= 0.6 is 0 Å². The lowest BCUT2D eigenvalue weighted by atomic mass is 9.99. The Labute approximate surface area is 170 Å². The summed E-state index contributed by atoms with van der Waals surface area (Å²) >= 11 is 0. The highest BCUT2D eigenvalue weighted by Gasteiger charge is 2.33. The first-order valence-corrected chi connectivity index (χ1v) is 9.68. The largest absolute Gasteiger partial charge is 0.493 e. The minimum Gasteiger partial charge on any atom is -0.493 e. The van der Waals surface area contributed by atoms with Gasteiger partial charge in [-0.3, -0.25) is 4.79 Å². The average molecular weight is 392 g/mol. The maximum atomic E-state index is 13.2. The Morgan fingerprint density at radius 2 is 1.90 bits per heavy atom. The molecule has 1 fully saturated rings. The lowest BCUT2D eigenvalue weighted by Crippen LogP contribution is -2.31. The number of rotatable bonds is 5. The fourth-order valence-corrected chi connectivity index (χ4v) is 3.94. The Kier molecular flexibility index (Phi) is 5.25. The van der Waals surface area contributed by atoms with Gasteiger partial charge in [0.15, 0.2) is 23.0 Å². The van der Waals surface area contributed by atoms with Crippen molar-refractivity contribution < 1.29 is 18.8 Å². The van der Waals surface area contributed by atoms with E-state index in [9.17, 15) is 4.79 Å². The third-order valence-electron chi connectivity index (χ3n) is 5.46. The third-order valence-corrected chi connectivity index (χ3v) is 5.46. The summed E-state index contributed by atoms with van der Waals surface area (Å²) in [7, 11) is 3.17. The van der Waals surface area contributed by atoms with E-state index < -0.39 is 0 Å². The quantitative estimate of drug-likeness (QED) is 0.633. The number of aryl methyl sites for hydroxylation is 1. The van der Waals surface area contributed by atoms with Gasteiger partial charge >= 0.3 is 0 Å². The molecule has 2 heterocycles. The van der Waals surface area contributed by atoms with Gasteiger partial charge in [-0.05, 0) is 49.1 Å². The molecular formula is C23H24N2O4. The van der Waals surface area contributed by atoms with E-state index in [4.69, 9.17) is 14.0 Å². The minimum absolute atomic E-state index is 0.0740. The van der Waals surface area contributed by atoms with Crippen LogP contribution in [0.5, 0.6) is 11.5 Å². The molecule has 0 aliphatic carbocycles. The van der Waals surface area contributed by atoms with Crippen LogP contribution in [0.25, 0.3) is 11.3 Å². The number of carbonyl (C=O) groups excluding carboxylic acids is 1. The predicted octanol–water partition coefficient (Wildman–Crippen LogP) is 4.64. The highest BCUT2D eigenvalue weighted by molar-refractivity contribution is 5.93. The monoisotopic (exact) mass is 392 g/mol. The summed E-state index contributed by atoms with van der Waals surface area (Å²) in [4.78, 5) is 15.1. The molecule has 0 bridgehead atoms. The number of hydrogen-bond donors (Lipinski definition) is 0. The highest BCUT2D eigenvalue weighted by Crippen LogP contribution is 2.36. The van der Waals surface area contributed by atoms with E-state index in [-0.39, 0.29) is 11.9 Å². The van der Waals surface area contributed by atoms with Crippen LogP contribution in [0.2, 0.25) is 0 Å². The zero-order valence-electron chi connectivity index (χ0n) is 16.8. The van der Waals surface area contributed by atoms with Crippen molar-refractivity contribution in [1.29, 1.82) is 0 Å². The molecule has 0 spiro atoms. The number of ether oxygens (including phenoxy) is 2. The van der Waals surface area contributed by atoms with E-state index in [1.165, 1.54) is 11.1 Å². The van der Waals surface area contributed by atoms with Gasteiger partial charge in [0.1, 0.15) is 0 Å². The molecule has 1 atom stereocenters. The van der Waals surface area contributed by atoms with Crippen LogP contribution in [0.3, 0.4) is 0 Å². The van der Waals surface area contributed by atoms with Crippen LogP contribution in [0, 0.1) is 6.92 Å². The maximum Gasteiger partial charge on any atom is 0.276 e. The molecule has 150 valence electrons. The van der Waals surface area contributed by atoms with Crippen LogP contribution in [-0.2, 0) is 0 Å². The molecule has 1 aromatic heterocycles. The predicted molar refractivity (Wildman–Crippen MR) is 109 cm³/mol. The lowest BCUT2D eigenvalue weighted by molar-refractivity contribution is 0.0725. The number of hydrogen-bond acceptors (Lipinski definition) is 5. The molecule has 2 aromatic carbocycles. The zero-order chi connectivity index (χ0) is 20.4. The van der Waals surface area contributed by atoms with Gasteiger partial charge in [0.05, 0.1) is 20.3 Å². The fourth-order valence-electron chi connectivity index (χ4n) is 3.94. The van der Waals surface area contributed by atoms with E-state index in [0.29, 0.717) is 23.0 Å². The first-order chi connectivity index (χ1) is 14.1. The van der Waals surface area contributed by atoms with Crippen molar-refractivity contribution >= 4 is 5.91 Å². The SMILES string of the molecule is COc1ccc(-c2cc(C(=O)N3CCC[C@H]3c3ccccc3C)no2)cc1OC. The summed E-state index contributed by atoms with van der Waals surface area (Å²) in [5.41, 5.74) is 3.48. The molecule has 0 radical (unpaired) electrons. The van der Waals surface area contributed by atoms with Crippen LogP contribution in [0.1, 0.15) is 40.5 Å². The van der Waals surface area contributed by atoms with Gasteiger partial charge < -0.3 is 18.9 Å². The third kappa shape index (κ3) is 3.58. The smallest absolute Gasteiger partial charge is 0.276 e. The van der Waals surface area contributed by atoms with E-state index in [2.05, 4.69) is 24.2 Å². The second kappa shape index (κ2) is 7.99. The van der Waals surface area contributed by atoms with Crippen molar-refractivity contribution in [2.75, 3.05) is 20.8 Å². The summed E-state index contributed by atoms with van der Waals surface area (Å²) in [6.45, 7) is 2.80. The van der Waals surface area contributed by atoms with E-state index in [0.717, 1.165) is 24.9 Å². The summed E-state index contributed by atoms with van der Waals surface area (Å²) < 4.78 is 16.1. The number of nitrogens with zero attached hydrogens (tertiary/aromatic N) is 2. The standard InChI is InChI=1S/C23H24N2O4/c1-15-7-4-5-8-17(15)19-9-6-12-25(19)23(26)18-14-21(29-24-18)16-10-11-20(27-2)22(13-16)28-3/h4-5,7-8,10-11,13-14,19H,6,9,12H2,1-3H3/t19-/m0/s1. The summed E-state index contributed by atoms with van der Waals surface area (Å²) in [5.74, 6) is 1.63. The molecule has 1 aliphatic rings. The van der Waals surface area contributed by atoms with Crippen LogP contribution in [0.4, 0.5) is 0 Å². The lowest BCUT2D eigenvalue weighted by Gasteiger charge is -2.25. The highest BCUT2D eigenvalue weighted by atomic mass is 16.5. The molecule has 4 rings (SSSR count). The first kappa shape index (κ1) is 19.1. The maximum absolute atomic E-state index is 13.2. The molecule has 29 heavy (non-hydrogen) atoms. The Morgan fingerprint density at radius 3 is 2.66 bits per heavy atom. The Morgan fingerprint density at radius 1 is 1.10 bits per heavy atom. The van der Waals surface area contributed by atoms with Crippen molar-refractivity contribution in [3.8, 4) is 22.8 Å². The van der Waals surface area contributed by atoms with Gasteiger partial charge in [0.25, 0.3) is 5.91 Å². The molecule has 1 aliphatic heterocycles. The molecule has 1 amide bonds. The van der Waals surface area contributed by atoms with Gasteiger partial charge in [-0.25, -0.2) is 0 Å². The van der Waals surface area contributed by atoms with E-state index in [1.807, 2.05) is 23.1 Å². The van der Waals surface area contributed by atoms with Gasteiger partial charge in [-0.15, -0.1) is 0 Å². The number of aromatic nitrogens is 1. The van der Waals surface area contributed by atoms with Crippen molar-refractivity contribution in [1.82, 2.24) is 10.1 Å². The normalized spacial score (nSPS) is 16.1. The fraction of sp³-hybridized carbons (Fsp3) is 0.304. The summed E-state index contributed by atoms with van der Waals surface area (Å²) in [6.07, 6.45) is 1.93. The second-order valence-electron chi connectivity index (χ2n) is 7.16. The topological polar surface area (TPSA) is 64.8 Å². The number of methoxy groups -OCH3 is 2. The van der Waals surface area contributed by atoms with Crippen LogP contribution < -0.4 is 9.47 Å². The number of likely N-dealkylation sites (tertiary alicyclic amines) is 1. The van der Waals surface area contributed by atoms with Crippen LogP contribution in [-0.4, -0.2) is 36.7 Å². The molecule has 6 heteroatoms. The number of carbonyl (C=O) groups is 1. The molecule has 6 nitrogen and oxygen atoms in total. The van der Waals surface area contributed by atoms with Gasteiger partial charge in [0.2, 0.25) is 0 Å². The summed E-state index contributed by atoms with van der Waals surface area (Å²) in [6, 6.07) is 15.4. The minimum atomic E-state index is -0.105. The molecular weight excluding hydrogens is 368 g/mol. The molecule has 1 saturated heterocycles. The van der Waals surface area contributed by atoms with Crippen molar-refractivity contribution in [2.24, 2.45) is 0 Å². The van der Waals surface area contributed by atoms with Gasteiger partial charge in [0, 0.05) is 18.2 Å². The molecule has 3 aromatic rings.